The Kier molecular flexibility index (Phi) is 4.18. The van der Waals surface area contributed by atoms with Gasteiger partial charge in [-0.05, 0) is 28.9 Å². The van der Waals surface area contributed by atoms with Crippen LogP contribution in [0.1, 0.15) is 11.5 Å². The molecule has 0 aliphatic rings. The van der Waals surface area contributed by atoms with Crippen LogP contribution in [0.4, 0.5) is 5.82 Å². The molecule has 1 N–H and O–H groups in total. The summed E-state index contributed by atoms with van der Waals surface area (Å²) in [6.07, 6.45) is 0.217. The quantitative estimate of drug-likeness (QED) is 0.735. The third kappa shape index (κ3) is 3.58. The minimum atomic E-state index is -0.160. The SMILES string of the molecule is Cc1cc(NC(=O)Cc2csc(-c3cc(Br)cs3)n2)no1. The lowest BCUT2D eigenvalue weighted by Crippen LogP contribution is -2.14. The van der Waals surface area contributed by atoms with E-state index in [2.05, 4.69) is 31.4 Å². The van der Waals surface area contributed by atoms with E-state index in [0.717, 1.165) is 20.1 Å². The van der Waals surface area contributed by atoms with Crippen molar-refractivity contribution in [3.63, 3.8) is 0 Å². The van der Waals surface area contributed by atoms with Gasteiger partial charge in [0.1, 0.15) is 10.8 Å². The molecule has 108 valence electrons. The van der Waals surface area contributed by atoms with E-state index in [0.29, 0.717) is 11.6 Å². The maximum atomic E-state index is 11.9. The number of aryl methyl sites for hydroxylation is 1. The van der Waals surface area contributed by atoms with Crippen LogP contribution < -0.4 is 5.32 Å². The molecule has 0 aromatic carbocycles. The summed E-state index contributed by atoms with van der Waals surface area (Å²) in [5, 5.41) is 11.2. The highest BCUT2D eigenvalue weighted by Crippen LogP contribution is 2.32. The van der Waals surface area contributed by atoms with Crippen LogP contribution >= 0.6 is 38.6 Å². The zero-order chi connectivity index (χ0) is 14.8. The van der Waals surface area contributed by atoms with Gasteiger partial charge in [0, 0.05) is 21.3 Å². The molecule has 0 saturated carbocycles. The highest BCUT2D eigenvalue weighted by atomic mass is 79.9. The fourth-order valence-electron chi connectivity index (χ4n) is 1.70. The fourth-order valence-corrected chi connectivity index (χ4v) is 4.03. The van der Waals surface area contributed by atoms with Gasteiger partial charge >= 0.3 is 0 Å². The van der Waals surface area contributed by atoms with E-state index in [4.69, 9.17) is 4.52 Å². The van der Waals surface area contributed by atoms with Crippen LogP contribution in [-0.2, 0) is 11.2 Å². The van der Waals surface area contributed by atoms with Gasteiger partial charge < -0.3 is 9.84 Å². The average Bonchev–Trinajstić information content (AvgIpc) is 3.12. The van der Waals surface area contributed by atoms with Crippen molar-refractivity contribution >= 4 is 50.3 Å². The number of carbonyl (C=O) groups excluding carboxylic acids is 1. The predicted molar refractivity (Wildman–Crippen MR) is 86.7 cm³/mol. The van der Waals surface area contributed by atoms with E-state index in [1.807, 2.05) is 16.8 Å². The normalized spacial score (nSPS) is 10.8. The van der Waals surface area contributed by atoms with Gasteiger partial charge in [-0.15, -0.1) is 22.7 Å². The number of thiophene rings is 1. The van der Waals surface area contributed by atoms with Gasteiger partial charge in [0.25, 0.3) is 0 Å². The van der Waals surface area contributed by atoms with Gasteiger partial charge in [-0.1, -0.05) is 5.16 Å². The number of carbonyl (C=O) groups is 1. The van der Waals surface area contributed by atoms with Gasteiger partial charge in [-0.25, -0.2) is 4.98 Å². The summed E-state index contributed by atoms with van der Waals surface area (Å²) >= 11 is 6.57. The van der Waals surface area contributed by atoms with Crippen LogP contribution in [0.15, 0.2) is 31.9 Å². The lowest BCUT2D eigenvalue weighted by atomic mass is 10.3. The third-order valence-corrected chi connectivity index (χ3v) is 5.32. The second kappa shape index (κ2) is 6.08. The fraction of sp³-hybridized carbons (Fsp3) is 0.154. The second-order valence-corrected chi connectivity index (χ2v) is 7.01. The molecule has 0 spiro atoms. The Morgan fingerprint density at radius 1 is 1.38 bits per heavy atom. The first-order valence-corrected chi connectivity index (χ1v) is 8.57. The summed E-state index contributed by atoms with van der Waals surface area (Å²) in [5.74, 6) is 0.923. The van der Waals surface area contributed by atoms with Crippen molar-refractivity contribution in [1.29, 1.82) is 0 Å². The molecule has 0 aliphatic carbocycles. The molecule has 0 bridgehead atoms. The molecule has 0 atom stereocenters. The Hall–Kier alpha value is -1.51. The molecular weight excluding hydrogens is 374 g/mol. The van der Waals surface area contributed by atoms with Crippen molar-refractivity contribution in [3.8, 4) is 9.88 Å². The van der Waals surface area contributed by atoms with Crippen molar-refractivity contribution in [2.75, 3.05) is 5.32 Å². The summed E-state index contributed by atoms with van der Waals surface area (Å²) in [6, 6.07) is 3.69. The van der Waals surface area contributed by atoms with E-state index in [1.165, 1.54) is 11.3 Å². The smallest absolute Gasteiger partial charge is 0.231 e. The van der Waals surface area contributed by atoms with E-state index < -0.39 is 0 Å². The monoisotopic (exact) mass is 383 g/mol. The molecule has 3 heterocycles. The highest BCUT2D eigenvalue weighted by Gasteiger charge is 2.12. The first-order valence-electron chi connectivity index (χ1n) is 6.02. The maximum absolute atomic E-state index is 11.9. The molecule has 0 saturated heterocycles. The predicted octanol–water partition coefficient (Wildman–Crippen LogP) is 4.11. The Balaban J connectivity index is 1.65. The first kappa shape index (κ1) is 14.4. The van der Waals surface area contributed by atoms with Gasteiger partial charge in [0.05, 0.1) is 17.0 Å². The van der Waals surface area contributed by atoms with Crippen molar-refractivity contribution in [1.82, 2.24) is 10.1 Å². The topological polar surface area (TPSA) is 68.0 Å². The summed E-state index contributed by atoms with van der Waals surface area (Å²) < 4.78 is 5.94. The first-order chi connectivity index (χ1) is 10.1. The van der Waals surface area contributed by atoms with Crippen molar-refractivity contribution in [3.05, 3.63) is 38.8 Å². The number of amides is 1. The molecule has 0 fully saturated rings. The maximum Gasteiger partial charge on any atom is 0.231 e. The minimum absolute atomic E-state index is 0.160. The number of halogens is 1. The molecule has 3 aromatic heterocycles. The number of aromatic nitrogens is 2. The van der Waals surface area contributed by atoms with Crippen LogP contribution in [0.3, 0.4) is 0 Å². The van der Waals surface area contributed by atoms with Crippen LogP contribution in [0.2, 0.25) is 0 Å². The molecule has 0 unspecified atom stereocenters. The number of hydrogen-bond donors (Lipinski definition) is 1. The zero-order valence-corrected chi connectivity index (χ0v) is 14.1. The Labute approximate surface area is 137 Å². The highest BCUT2D eigenvalue weighted by molar-refractivity contribution is 9.10. The molecule has 3 rings (SSSR count). The van der Waals surface area contributed by atoms with Gasteiger partial charge in [0.2, 0.25) is 5.91 Å². The lowest BCUT2D eigenvalue weighted by Gasteiger charge is -1.98. The lowest BCUT2D eigenvalue weighted by molar-refractivity contribution is -0.115. The van der Waals surface area contributed by atoms with Crippen molar-refractivity contribution < 1.29 is 9.32 Å². The average molecular weight is 384 g/mol. The molecule has 0 aliphatic heterocycles. The third-order valence-electron chi connectivity index (χ3n) is 2.57. The molecule has 3 aromatic rings. The van der Waals surface area contributed by atoms with E-state index in [1.54, 1.807) is 24.3 Å². The summed E-state index contributed by atoms with van der Waals surface area (Å²) in [7, 11) is 0. The molecule has 1 amide bonds. The van der Waals surface area contributed by atoms with E-state index in [9.17, 15) is 4.79 Å². The molecular formula is C13H10BrN3O2S2. The number of anilines is 1. The van der Waals surface area contributed by atoms with Crippen LogP contribution in [0, 0.1) is 6.92 Å². The largest absolute Gasteiger partial charge is 0.360 e. The number of rotatable bonds is 4. The Morgan fingerprint density at radius 2 is 2.24 bits per heavy atom. The summed E-state index contributed by atoms with van der Waals surface area (Å²) in [6.45, 7) is 1.77. The van der Waals surface area contributed by atoms with Crippen LogP contribution in [-0.4, -0.2) is 16.0 Å². The number of hydrogen-bond acceptors (Lipinski definition) is 6. The summed E-state index contributed by atoms with van der Waals surface area (Å²) in [4.78, 5) is 17.5. The molecule has 5 nitrogen and oxygen atoms in total. The minimum Gasteiger partial charge on any atom is -0.360 e. The van der Waals surface area contributed by atoms with Gasteiger partial charge in [0.15, 0.2) is 5.82 Å². The number of nitrogens with zero attached hydrogens (tertiary/aromatic N) is 2. The van der Waals surface area contributed by atoms with E-state index >= 15 is 0 Å². The Bertz CT molecular complexity index is 778. The van der Waals surface area contributed by atoms with E-state index in [-0.39, 0.29) is 12.3 Å². The number of thiazole rings is 1. The van der Waals surface area contributed by atoms with Crippen LogP contribution in [0.5, 0.6) is 0 Å². The van der Waals surface area contributed by atoms with Crippen LogP contribution in [0.25, 0.3) is 9.88 Å². The standard InChI is InChI=1S/C13H10BrN3O2S2/c1-7-2-11(17-19-7)16-12(18)4-9-6-21-13(15-9)10-3-8(14)5-20-10/h2-3,5-6H,4H2,1H3,(H,16,17,18). The van der Waals surface area contributed by atoms with Gasteiger partial charge in [-0.2, -0.15) is 0 Å². The van der Waals surface area contributed by atoms with Crippen molar-refractivity contribution in [2.45, 2.75) is 13.3 Å². The zero-order valence-electron chi connectivity index (χ0n) is 10.9. The Morgan fingerprint density at radius 3 is 2.90 bits per heavy atom. The summed E-state index contributed by atoms with van der Waals surface area (Å²) in [5.41, 5.74) is 0.747. The molecule has 0 radical (unpaired) electrons. The number of nitrogens with one attached hydrogen (secondary N) is 1. The van der Waals surface area contributed by atoms with Gasteiger partial charge in [-0.3, -0.25) is 4.79 Å². The molecule has 8 heteroatoms. The second-order valence-electron chi connectivity index (χ2n) is 4.32. The molecule has 21 heavy (non-hydrogen) atoms. The van der Waals surface area contributed by atoms with Crippen molar-refractivity contribution in [2.24, 2.45) is 0 Å².